The Morgan fingerprint density at radius 1 is 1.00 bits per heavy atom. The van der Waals surface area contributed by atoms with E-state index < -0.39 is 29.6 Å². The number of hydrogen-bond acceptors (Lipinski definition) is 3. The first-order valence-electron chi connectivity index (χ1n) is 7.62. The number of halogens is 1. The Balaban J connectivity index is 1.88. The fourth-order valence-corrected chi connectivity index (χ4v) is 2.18. The highest BCUT2D eigenvalue weighted by molar-refractivity contribution is 5.97. The second kappa shape index (κ2) is 8.58. The maximum Gasteiger partial charge on any atom is 0.251 e. The van der Waals surface area contributed by atoms with Crippen LogP contribution in [0.4, 0.5) is 4.39 Å². The van der Waals surface area contributed by atoms with Crippen molar-refractivity contribution in [3.05, 3.63) is 71.5 Å². The van der Waals surface area contributed by atoms with Gasteiger partial charge in [0.05, 0.1) is 6.54 Å². The fourth-order valence-electron chi connectivity index (χ4n) is 2.18. The molecule has 2 rings (SSSR count). The van der Waals surface area contributed by atoms with E-state index in [1.807, 2.05) is 0 Å². The van der Waals surface area contributed by atoms with Crippen molar-refractivity contribution >= 4 is 17.7 Å². The zero-order valence-corrected chi connectivity index (χ0v) is 13.4. The van der Waals surface area contributed by atoms with E-state index in [1.165, 1.54) is 24.3 Å². The molecule has 0 bridgehead atoms. The molecule has 2 aromatic carbocycles. The highest BCUT2D eigenvalue weighted by Gasteiger charge is 2.19. The van der Waals surface area contributed by atoms with Crippen molar-refractivity contribution < 1.29 is 18.8 Å². The van der Waals surface area contributed by atoms with Crippen molar-refractivity contribution in [2.75, 3.05) is 6.54 Å². The molecule has 2 aromatic rings. The molecule has 3 amide bonds. The monoisotopic (exact) mass is 343 g/mol. The van der Waals surface area contributed by atoms with Crippen LogP contribution in [-0.4, -0.2) is 30.3 Å². The summed E-state index contributed by atoms with van der Waals surface area (Å²) in [6, 6.07) is 13.0. The summed E-state index contributed by atoms with van der Waals surface area (Å²) in [4.78, 5) is 35.3. The molecule has 7 heteroatoms. The molecule has 0 aromatic heterocycles. The van der Waals surface area contributed by atoms with E-state index in [-0.39, 0.29) is 13.0 Å². The quantitative estimate of drug-likeness (QED) is 0.692. The van der Waals surface area contributed by atoms with E-state index in [2.05, 4.69) is 10.6 Å². The Morgan fingerprint density at radius 3 is 2.24 bits per heavy atom. The van der Waals surface area contributed by atoms with Gasteiger partial charge in [0, 0.05) is 12.0 Å². The number of nitrogens with one attached hydrogen (secondary N) is 2. The van der Waals surface area contributed by atoms with E-state index in [9.17, 15) is 18.8 Å². The first-order valence-corrected chi connectivity index (χ1v) is 7.62. The van der Waals surface area contributed by atoms with Gasteiger partial charge in [-0.2, -0.15) is 0 Å². The second-order valence-electron chi connectivity index (χ2n) is 5.40. The average molecular weight is 343 g/mol. The Labute approximate surface area is 144 Å². The van der Waals surface area contributed by atoms with Crippen LogP contribution < -0.4 is 16.4 Å². The molecule has 4 N–H and O–H groups in total. The largest absolute Gasteiger partial charge is 0.368 e. The van der Waals surface area contributed by atoms with Crippen molar-refractivity contribution in [3.63, 3.8) is 0 Å². The molecule has 1 atom stereocenters. The fraction of sp³-hybridized carbons (Fsp3) is 0.167. The normalized spacial score (nSPS) is 11.4. The van der Waals surface area contributed by atoms with Gasteiger partial charge in [-0.25, -0.2) is 4.39 Å². The minimum Gasteiger partial charge on any atom is -0.368 e. The van der Waals surface area contributed by atoms with Gasteiger partial charge >= 0.3 is 0 Å². The number of hydrogen-bond donors (Lipinski definition) is 3. The van der Waals surface area contributed by atoms with E-state index in [4.69, 9.17) is 5.73 Å². The van der Waals surface area contributed by atoms with Gasteiger partial charge in [-0.05, 0) is 29.8 Å². The third kappa shape index (κ3) is 5.72. The first kappa shape index (κ1) is 18.1. The minimum atomic E-state index is -0.952. The van der Waals surface area contributed by atoms with Crippen molar-refractivity contribution in [3.8, 4) is 0 Å². The van der Waals surface area contributed by atoms with Gasteiger partial charge in [0.1, 0.15) is 11.9 Å². The predicted octanol–water partition coefficient (Wildman–Crippen LogP) is 0.768. The third-order valence-electron chi connectivity index (χ3n) is 3.48. The van der Waals surface area contributed by atoms with Crippen LogP contribution in [0.5, 0.6) is 0 Å². The lowest BCUT2D eigenvalue weighted by Crippen LogP contribution is -2.49. The van der Waals surface area contributed by atoms with Crippen molar-refractivity contribution in [1.82, 2.24) is 10.6 Å². The average Bonchev–Trinajstić information content (AvgIpc) is 2.61. The number of nitrogens with two attached hydrogens (primary N) is 1. The van der Waals surface area contributed by atoms with Crippen LogP contribution in [-0.2, 0) is 16.0 Å². The Hall–Kier alpha value is -3.22. The number of primary amides is 1. The van der Waals surface area contributed by atoms with E-state index in [0.29, 0.717) is 11.1 Å². The van der Waals surface area contributed by atoms with Crippen molar-refractivity contribution in [1.29, 1.82) is 0 Å². The minimum absolute atomic E-state index is 0.133. The van der Waals surface area contributed by atoms with Crippen molar-refractivity contribution in [2.45, 2.75) is 12.5 Å². The summed E-state index contributed by atoms with van der Waals surface area (Å²) in [6.45, 7) is -0.291. The summed E-state index contributed by atoms with van der Waals surface area (Å²) < 4.78 is 12.9. The zero-order chi connectivity index (χ0) is 18.2. The van der Waals surface area contributed by atoms with E-state index >= 15 is 0 Å². The first-order chi connectivity index (χ1) is 12.0. The number of amides is 3. The third-order valence-corrected chi connectivity index (χ3v) is 3.48. The molecule has 0 heterocycles. The van der Waals surface area contributed by atoms with Crippen LogP contribution in [0.15, 0.2) is 54.6 Å². The highest BCUT2D eigenvalue weighted by atomic mass is 19.1. The topological polar surface area (TPSA) is 101 Å². The summed E-state index contributed by atoms with van der Waals surface area (Å²) in [5.41, 5.74) is 6.37. The molecule has 0 unspecified atom stereocenters. The lowest BCUT2D eigenvalue weighted by molar-refractivity contribution is -0.126. The molecule has 0 aliphatic rings. The number of benzene rings is 2. The summed E-state index contributed by atoms with van der Waals surface area (Å²) in [5, 5.41) is 4.93. The maximum absolute atomic E-state index is 12.9. The molecule has 0 aliphatic carbocycles. The van der Waals surface area contributed by atoms with Crippen molar-refractivity contribution in [2.24, 2.45) is 5.73 Å². The van der Waals surface area contributed by atoms with Gasteiger partial charge in [-0.1, -0.05) is 30.3 Å². The van der Waals surface area contributed by atoms with E-state index in [1.54, 1.807) is 30.3 Å². The molecule has 0 saturated heterocycles. The lowest BCUT2D eigenvalue weighted by Gasteiger charge is -2.16. The molecular weight excluding hydrogens is 325 g/mol. The molecule has 0 fully saturated rings. The maximum atomic E-state index is 12.9. The van der Waals surface area contributed by atoms with Gasteiger partial charge in [0.25, 0.3) is 5.91 Å². The molecule has 6 nitrogen and oxygen atoms in total. The summed E-state index contributed by atoms with van der Waals surface area (Å²) in [5.74, 6) is -2.06. The molecular formula is C18H18FN3O3. The molecule has 130 valence electrons. The van der Waals surface area contributed by atoms with Crippen LogP contribution in [0.2, 0.25) is 0 Å². The smallest absolute Gasteiger partial charge is 0.251 e. The van der Waals surface area contributed by atoms with Gasteiger partial charge in [0.2, 0.25) is 11.8 Å². The lowest BCUT2D eigenvalue weighted by atomic mass is 10.1. The number of carbonyl (C=O) groups is 3. The van der Waals surface area contributed by atoms with Crippen LogP contribution >= 0.6 is 0 Å². The molecule has 25 heavy (non-hydrogen) atoms. The van der Waals surface area contributed by atoms with Crippen LogP contribution in [0, 0.1) is 5.82 Å². The predicted molar refractivity (Wildman–Crippen MR) is 90.0 cm³/mol. The Bertz CT molecular complexity index is 748. The number of carbonyl (C=O) groups excluding carboxylic acids is 3. The zero-order valence-electron chi connectivity index (χ0n) is 13.4. The van der Waals surface area contributed by atoms with Crippen LogP contribution in [0.1, 0.15) is 15.9 Å². The Kier molecular flexibility index (Phi) is 6.22. The van der Waals surface area contributed by atoms with Crippen LogP contribution in [0.25, 0.3) is 0 Å². The summed E-state index contributed by atoms with van der Waals surface area (Å²) in [7, 11) is 0. The van der Waals surface area contributed by atoms with Gasteiger partial charge in [-0.15, -0.1) is 0 Å². The summed E-state index contributed by atoms with van der Waals surface area (Å²) in [6.07, 6.45) is 0.133. The number of rotatable bonds is 7. The van der Waals surface area contributed by atoms with Crippen LogP contribution in [0.3, 0.4) is 0 Å². The second-order valence-corrected chi connectivity index (χ2v) is 5.40. The molecule has 0 saturated carbocycles. The highest BCUT2D eigenvalue weighted by Crippen LogP contribution is 2.06. The standard InChI is InChI=1S/C18H18FN3O3/c19-14-8-6-12(7-9-14)10-15(17(20)24)22-16(23)11-21-18(25)13-4-2-1-3-5-13/h1-9,15H,10-11H2,(H2,20,24)(H,21,25)(H,22,23)/t15-/m0/s1. The van der Waals surface area contributed by atoms with E-state index in [0.717, 1.165) is 0 Å². The van der Waals surface area contributed by atoms with Gasteiger partial charge < -0.3 is 16.4 Å². The SMILES string of the molecule is NC(=O)[C@H](Cc1ccc(F)cc1)NC(=O)CNC(=O)c1ccccc1. The van der Waals surface area contributed by atoms with Gasteiger partial charge in [0.15, 0.2) is 0 Å². The molecule has 0 radical (unpaired) electrons. The summed E-state index contributed by atoms with van der Waals surface area (Å²) >= 11 is 0. The molecule has 0 aliphatic heterocycles. The van der Waals surface area contributed by atoms with Gasteiger partial charge in [-0.3, -0.25) is 14.4 Å². The Morgan fingerprint density at radius 2 is 1.64 bits per heavy atom. The molecule has 0 spiro atoms.